The summed E-state index contributed by atoms with van der Waals surface area (Å²) >= 11 is 0. The number of para-hydroxylation sites is 1. The van der Waals surface area contributed by atoms with Crippen molar-refractivity contribution in [2.24, 2.45) is 0 Å². The Labute approximate surface area is 95.8 Å². The first-order valence-electron chi connectivity index (χ1n) is 5.85. The highest BCUT2D eigenvalue weighted by atomic mass is 16.5. The molecule has 0 atom stereocenters. The average Bonchev–Trinajstić information content (AvgIpc) is 3.12. The summed E-state index contributed by atoms with van der Waals surface area (Å²) in [5.74, 6) is 0.886. The lowest BCUT2D eigenvalue weighted by Gasteiger charge is -2.13. The molecule has 0 unspecified atom stereocenters. The zero-order chi connectivity index (χ0) is 11.6. The minimum atomic E-state index is -0.535. The van der Waals surface area contributed by atoms with Gasteiger partial charge in [-0.2, -0.15) is 0 Å². The van der Waals surface area contributed by atoms with Crippen LogP contribution >= 0.6 is 0 Å². The van der Waals surface area contributed by atoms with E-state index in [0.717, 1.165) is 24.2 Å². The quantitative estimate of drug-likeness (QED) is 0.726. The van der Waals surface area contributed by atoms with E-state index in [0.29, 0.717) is 6.54 Å². The van der Waals surface area contributed by atoms with Gasteiger partial charge in [0.05, 0.1) is 0 Å². The molecule has 0 bridgehead atoms. The highest BCUT2D eigenvalue weighted by Crippen LogP contribution is 2.42. The number of hydrogen-bond donors (Lipinski definition) is 1. The normalized spacial score (nSPS) is 19.5. The van der Waals surface area contributed by atoms with E-state index >= 15 is 0 Å². The molecule has 86 valence electrons. The molecule has 1 heterocycles. The molecule has 1 amide bonds. The predicted molar refractivity (Wildman–Crippen MR) is 62.2 cm³/mol. The maximum Gasteiger partial charge on any atom is 0.264 e. The van der Waals surface area contributed by atoms with Crippen molar-refractivity contribution in [1.82, 2.24) is 5.32 Å². The molecule has 1 aliphatic heterocycles. The van der Waals surface area contributed by atoms with Crippen LogP contribution in [0.25, 0.3) is 0 Å². The van der Waals surface area contributed by atoms with E-state index in [1.165, 1.54) is 0 Å². The van der Waals surface area contributed by atoms with Gasteiger partial charge in [0, 0.05) is 24.9 Å². The maximum atomic E-state index is 11.6. The summed E-state index contributed by atoms with van der Waals surface area (Å²) in [6.07, 6.45) is 1.68. The number of benzene rings is 1. The fourth-order valence-corrected chi connectivity index (χ4v) is 1.79. The van der Waals surface area contributed by atoms with Gasteiger partial charge in [-0.25, -0.2) is 0 Å². The van der Waals surface area contributed by atoms with Crippen LogP contribution in [0.5, 0.6) is 5.75 Å². The molecule has 1 fully saturated rings. The van der Waals surface area contributed by atoms with Gasteiger partial charge in [-0.15, -0.1) is 0 Å². The van der Waals surface area contributed by atoms with E-state index in [9.17, 15) is 4.79 Å². The van der Waals surface area contributed by atoms with Gasteiger partial charge in [0.15, 0.2) is 5.60 Å². The van der Waals surface area contributed by atoms with Crippen molar-refractivity contribution >= 4 is 5.91 Å². The van der Waals surface area contributed by atoms with E-state index < -0.39 is 5.60 Å². The van der Waals surface area contributed by atoms with Crippen LogP contribution in [0.2, 0.25) is 0 Å². The average molecular weight is 219 g/mol. The SMILES string of the molecule is CC.O=C1NCc2ccccc2OC12CC2. The molecule has 1 spiro atoms. The van der Waals surface area contributed by atoms with Gasteiger partial charge in [0.25, 0.3) is 5.91 Å². The van der Waals surface area contributed by atoms with E-state index in [2.05, 4.69) is 5.32 Å². The van der Waals surface area contributed by atoms with E-state index in [-0.39, 0.29) is 5.91 Å². The van der Waals surface area contributed by atoms with Gasteiger partial charge in [-0.3, -0.25) is 4.79 Å². The molecule has 0 radical (unpaired) electrons. The van der Waals surface area contributed by atoms with Crippen molar-refractivity contribution in [1.29, 1.82) is 0 Å². The van der Waals surface area contributed by atoms with Crippen molar-refractivity contribution in [3.63, 3.8) is 0 Å². The summed E-state index contributed by atoms with van der Waals surface area (Å²) in [7, 11) is 0. The number of fused-ring (bicyclic) bond motifs is 1. The number of hydrogen-bond acceptors (Lipinski definition) is 2. The summed E-state index contributed by atoms with van der Waals surface area (Å²) in [5, 5.41) is 2.89. The lowest BCUT2D eigenvalue weighted by molar-refractivity contribution is -0.129. The van der Waals surface area contributed by atoms with Gasteiger partial charge in [-0.1, -0.05) is 32.0 Å². The smallest absolute Gasteiger partial charge is 0.264 e. The predicted octanol–water partition coefficient (Wildman–Crippen LogP) is 2.25. The number of nitrogens with one attached hydrogen (secondary N) is 1. The second-order valence-electron chi connectivity index (χ2n) is 3.89. The molecule has 1 aromatic carbocycles. The van der Waals surface area contributed by atoms with Crippen LogP contribution in [-0.4, -0.2) is 11.5 Å². The van der Waals surface area contributed by atoms with Crippen LogP contribution in [0.1, 0.15) is 32.3 Å². The molecule has 0 aromatic heterocycles. The van der Waals surface area contributed by atoms with Crippen LogP contribution in [-0.2, 0) is 11.3 Å². The van der Waals surface area contributed by atoms with Crippen molar-refractivity contribution in [3.8, 4) is 5.75 Å². The molecular weight excluding hydrogens is 202 g/mol. The summed E-state index contributed by atoms with van der Waals surface area (Å²) in [5.41, 5.74) is 0.525. The minimum absolute atomic E-state index is 0.0358. The molecule has 1 aliphatic carbocycles. The molecule has 1 aromatic rings. The Balaban J connectivity index is 0.000000457. The third kappa shape index (κ3) is 1.77. The lowest BCUT2D eigenvalue weighted by Crippen LogP contribution is -2.37. The first kappa shape index (κ1) is 11.0. The van der Waals surface area contributed by atoms with Crippen molar-refractivity contribution in [2.75, 3.05) is 0 Å². The highest BCUT2D eigenvalue weighted by molar-refractivity contribution is 5.89. The number of carbonyl (C=O) groups excluding carboxylic acids is 1. The Morgan fingerprint density at radius 3 is 2.62 bits per heavy atom. The largest absolute Gasteiger partial charge is 0.477 e. The zero-order valence-corrected chi connectivity index (χ0v) is 9.75. The van der Waals surface area contributed by atoms with E-state index in [1.807, 2.05) is 38.1 Å². The number of amides is 1. The lowest BCUT2D eigenvalue weighted by atomic mass is 10.2. The molecule has 1 N–H and O–H groups in total. The number of carbonyl (C=O) groups is 1. The Bertz CT molecular complexity index is 397. The molecule has 3 heteroatoms. The Morgan fingerprint density at radius 2 is 1.94 bits per heavy atom. The summed E-state index contributed by atoms with van der Waals surface area (Å²) in [4.78, 5) is 11.6. The van der Waals surface area contributed by atoms with Crippen LogP contribution in [0.15, 0.2) is 24.3 Å². The molecular formula is C13H17NO2. The molecule has 3 rings (SSSR count). The van der Waals surface area contributed by atoms with Crippen LogP contribution in [0, 0.1) is 0 Å². The Morgan fingerprint density at radius 1 is 1.25 bits per heavy atom. The second kappa shape index (κ2) is 4.16. The molecule has 1 saturated carbocycles. The standard InChI is InChI=1S/C11H11NO2.C2H6/c13-10-11(5-6-11)14-9-4-2-1-3-8(9)7-12-10;1-2/h1-4H,5-7H2,(H,12,13);1-2H3. The Kier molecular flexibility index (Phi) is 2.86. The summed E-state index contributed by atoms with van der Waals surface area (Å²) in [6, 6.07) is 7.80. The number of ether oxygens (including phenoxy) is 1. The van der Waals surface area contributed by atoms with Crippen molar-refractivity contribution in [2.45, 2.75) is 38.8 Å². The Hall–Kier alpha value is -1.51. The molecule has 16 heavy (non-hydrogen) atoms. The van der Waals surface area contributed by atoms with Gasteiger partial charge < -0.3 is 10.1 Å². The van der Waals surface area contributed by atoms with E-state index in [1.54, 1.807) is 0 Å². The monoisotopic (exact) mass is 219 g/mol. The molecule has 3 nitrogen and oxygen atoms in total. The minimum Gasteiger partial charge on any atom is -0.477 e. The summed E-state index contributed by atoms with van der Waals surface area (Å²) < 4.78 is 5.76. The molecule has 2 aliphatic rings. The van der Waals surface area contributed by atoms with Crippen molar-refractivity contribution < 1.29 is 9.53 Å². The van der Waals surface area contributed by atoms with Gasteiger partial charge in [0.1, 0.15) is 5.75 Å². The third-order valence-corrected chi connectivity index (χ3v) is 2.84. The maximum absolute atomic E-state index is 11.6. The zero-order valence-electron chi connectivity index (χ0n) is 9.75. The number of rotatable bonds is 0. The highest BCUT2D eigenvalue weighted by Gasteiger charge is 2.53. The fourth-order valence-electron chi connectivity index (χ4n) is 1.79. The third-order valence-electron chi connectivity index (χ3n) is 2.84. The van der Waals surface area contributed by atoms with Crippen molar-refractivity contribution in [3.05, 3.63) is 29.8 Å². The van der Waals surface area contributed by atoms with Crippen LogP contribution < -0.4 is 10.1 Å². The van der Waals surface area contributed by atoms with Crippen LogP contribution in [0.4, 0.5) is 0 Å². The first-order chi connectivity index (χ1) is 7.80. The van der Waals surface area contributed by atoms with Gasteiger partial charge >= 0.3 is 0 Å². The van der Waals surface area contributed by atoms with Gasteiger partial charge in [-0.05, 0) is 6.07 Å². The first-order valence-corrected chi connectivity index (χ1v) is 5.85. The topological polar surface area (TPSA) is 38.3 Å². The van der Waals surface area contributed by atoms with Crippen LogP contribution in [0.3, 0.4) is 0 Å². The fraction of sp³-hybridized carbons (Fsp3) is 0.462. The molecule has 0 saturated heterocycles. The second-order valence-corrected chi connectivity index (χ2v) is 3.89. The van der Waals surface area contributed by atoms with Gasteiger partial charge in [0.2, 0.25) is 0 Å². The van der Waals surface area contributed by atoms with E-state index in [4.69, 9.17) is 4.74 Å². The summed E-state index contributed by atoms with van der Waals surface area (Å²) in [6.45, 7) is 4.58.